The number of hydrogen-bond acceptors (Lipinski definition) is 3. The van der Waals surface area contributed by atoms with Gasteiger partial charge in [-0.2, -0.15) is 0 Å². The van der Waals surface area contributed by atoms with E-state index in [1.807, 2.05) is 18.2 Å². The summed E-state index contributed by atoms with van der Waals surface area (Å²) in [6.45, 7) is 1.06. The van der Waals surface area contributed by atoms with Crippen molar-refractivity contribution in [2.45, 2.75) is 18.9 Å². The Bertz CT molecular complexity index is 521. The maximum absolute atomic E-state index is 5.95. The molecule has 1 N–H and O–H groups in total. The van der Waals surface area contributed by atoms with Crippen LogP contribution < -0.4 is 5.32 Å². The van der Waals surface area contributed by atoms with E-state index in [2.05, 4.69) is 21.4 Å². The summed E-state index contributed by atoms with van der Waals surface area (Å²) < 4.78 is 0. The van der Waals surface area contributed by atoms with Crippen molar-refractivity contribution >= 4 is 22.5 Å². The molecule has 0 saturated carbocycles. The maximum atomic E-state index is 5.95. The highest BCUT2D eigenvalue weighted by Gasteiger charge is 2.20. The monoisotopic (exact) mass is 233 g/mol. The van der Waals surface area contributed by atoms with Gasteiger partial charge in [-0.3, -0.25) is 0 Å². The Morgan fingerprint density at radius 3 is 2.94 bits per heavy atom. The summed E-state index contributed by atoms with van der Waals surface area (Å²) in [6, 6.07) is 8.34. The SMILES string of the molecule is Clc1nc(C2CCCN2)c2ccccc2n1. The number of hydrogen-bond donors (Lipinski definition) is 1. The molecule has 1 aliphatic rings. The Hall–Kier alpha value is -1.19. The lowest BCUT2D eigenvalue weighted by atomic mass is 10.1. The first-order valence-corrected chi connectivity index (χ1v) is 5.88. The average molecular weight is 234 g/mol. The van der Waals surface area contributed by atoms with E-state index in [1.54, 1.807) is 0 Å². The average Bonchev–Trinajstić information content (AvgIpc) is 2.81. The zero-order chi connectivity index (χ0) is 11.0. The molecule has 0 spiro atoms. The lowest BCUT2D eigenvalue weighted by Crippen LogP contribution is -2.15. The van der Waals surface area contributed by atoms with E-state index in [9.17, 15) is 0 Å². The summed E-state index contributed by atoms with van der Waals surface area (Å²) >= 11 is 5.95. The van der Waals surface area contributed by atoms with Crippen molar-refractivity contribution in [3.05, 3.63) is 35.2 Å². The standard InChI is InChI=1S/C12H12ClN3/c13-12-15-9-5-2-1-4-8(9)11(16-12)10-6-3-7-14-10/h1-2,4-5,10,14H,3,6-7H2. The van der Waals surface area contributed by atoms with Gasteiger partial charge in [0.25, 0.3) is 0 Å². The van der Waals surface area contributed by atoms with Crippen LogP contribution in [0.1, 0.15) is 24.6 Å². The molecule has 1 saturated heterocycles. The van der Waals surface area contributed by atoms with Crippen LogP contribution in [0, 0.1) is 0 Å². The quantitative estimate of drug-likeness (QED) is 0.770. The van der Waals surface area contributed by atoms with E-state index in [0.717, 1.165) is 29.6 Å². The van der Waals surface area contributed by atoms with Crippen LogP contribution in [0.4, 0.5) is 0 Å². The summed E-state index contributed by atoms with van der Waals surface area (Å²) in [7, 11) is 0. The number of para-hydroxylation sites is 1. The minimum absolute atomic E-state index is 0.324. The molecule has 1 aliphatic heterocycles. The van der Waals surface area contributed by atoms with E-state index in [4.69, 9.17) is 11.6 Å². The fourth-order valence-electron chi connectivity index (χ4n) is 2.26. The van der Waals surface area contributed by atoms with E-state index in [-0.39, 0.29) is 0 Å². The molecule has 1 aromatic carbocycles. The van der Waals surface area contributed by atoms with Crippen molar-refractivity contribution in [2.24, 2.45) is 0 Å². The summed E-state index contributed by atoms with van der Waals surface area (Å²) in [5.41, 5.74) is 1.96. The summed E-state index contributed by atoms with van der Waals surface area (Å²) in [6.07, 6.45) is 2.32. The fourth-order valence-corrected chi connectivity index (χ4v) is 2.44. The molecular formula is C12H12ClN3. The molecule has 1 fully saturated rings. The van der Waals surface area contributed by atoms with Crippen molar-refractivity contribution in [3.8, 4) is 0 Å². The van der Waals surface area contributed by atoms with Crippen molar-refractivity contribution in [1.82, 2.24) is 15.3 Å². The maximum Gasteiger partial charge on any atom is 0.223 e. The van der Waals surface area contributed by atoms with E-state index in [0.29, 0.717) is 11.3 Å². The van der Waals surface area contributed by atoms with Crippen LogP contribution in [0.3, 0.4) is 0 Å². The third-order valence-electron chi connectivity index (χ3n) is 3.00. The minimum atomic E-state index is 0.324. The van der Waals surface area contributed by atoms with Crippen LogP contribution in [0.2, 0.25) is 5.28 Å². The second-order valence-corrected chi connectivity index (χ2v) is 4.38. The summed E-state index contributed by atoms with van der Waals surface area (Å²) in [4.78, 5) is 8.61. The zero-order valence-electron chi connectivity index (χ0n) is 8.78. The van der Waals surface area contributed by atoms with Crippen molar-refractivity contribution in [1.29, 1.82) is 0 Å². The predicted molar refractivity (Wildman–Crippen MR) is 64.5 cm³/mol. The normalized spacial score (nSPS) is 20.4. The first-order valence-electron chi connectivity index (χ1n) is 5.50. The Labute approximate surface area is 98.9 Å². The predicted octanol–water partition coefficient (Wildman–Crippen LogP) is 2.71. The number of nitrogens with one attached hydrogen (secondary N) is 1. The van der Waals surface area contributed by atoms with Crippen LogP contribution in [-0.2, 0) is 0 Å². The van der Waals surface area contributed by atoms with Crippen molar-refractivity contribution in [2.75, 3.05) is 6.54 Å². The van der Waals surface area contributed by atoms with Gasteiger partial charge in [0.2, 0.25) is 5.28 Å². The first kappa shape index (κ1) is 10.00. The Morgan fingerprint density at radius 1 is 1.25 bits per heavy atom. The van der Waals surface area contributed by atoms with E-state index < -0.39 is 0 Å². The molecule has 1 aromatic heterocycles. The molecule has 1 atom stereocenters. The molecule has 0 radical (unpaired) electrons. The van der Waals surface area contributed by atoms with Gasteiger partial charge in [0.15, 0.2) is 0 Å². The Morgan fingerprint density at radius 2 is 2.12 bits per heavy atom. The van der Waals surface area contributed by atoms with Gasteiger partial charge in [0.1, 0.15) is 0 Å². The van der Waals surface area contributed by atoms with Crippen LogP contribution in [-0.4, -0.2) is 16.5 Å². The number of halogens is 1. The third-order valence-corrected chi connectivity index (χ3v) is 3.16. The zero-order valence-corrected chi connectivity index (χ0v) is 9.54. The van der Waals surface area contributed by atoms with E-state index in [1.165, 1.54) is 6.42 Å². The smallest absolute Gasteiger partial charge is 0.223 e. The van der Waals surface area contributed by atoms with Crippen LogP contribution in [0.25, 0.3) is 10.9 Å². The number of aromatic nitrogens is 2. The molecule has 0 amide bonds. The van der Waals surface area contributed by atoms with Crippen LogP contribution in [0.15, 0.2) is 24.3 Å². The lowest BCUT2D eigenvalue weighted by Gasteiger charge is -2.12. The lowest BCUT2D eigenvalue weighted by molar-refractivity contribution is 0.632. The van der Waals surface area contributed by atoms with Crippen molar-refractivity contribution in [3.63, 3.8) is 0 Å². The highest BCUT2D eigenvalue weighted by molar-refractivity contribution is 6.28. The molecule has 2 aromatic rings. The summed E-state index contributed by atoms with van der Waals surface area (Å²) in [5, 5.41) is 4.88. The molecule has 3 rings (SSSR count). The number of rotatable bonds is 1. The second kappa shape index (κ2) is 4.00. The Kier molecular flexibility index (Phi) is 2.50. The number of benzene rings is 1. The highest BCUT2D eigenvalue weighted by atomic mass is 35.5. The molecule has 4 heteroatoms. The van der Waals surface area contributed by atoms with Gasteiger partial charge in [-0.25, -0.2) is 9.97 Å². The molecular weight excluding hydrogens is 222 g/mol. The Balaban J connectivity index is 2.21. The van der Waals surface area contributed by atoms with E-state index >= 15 is 0 Å². The van der Waals surface area contributed by atoms with Crippen molar-refractivity contribution < 1.29 is 0 Å². The number of fused-ring (bicyclic) bond motifs is 1. The van der Waals surface area contributed by atoms with Gasteiger partial charge < -0.3 is 5.32 Å². The number of nitrogens with zero attached hydrogens (tertiary/aromatic N) is 2. The summed E-state index contributed by atoms with van der Waals surface area (Å²) in [5.74, 6) is 0. The van der Waals surface area contributed by atoms with Gasteiger partial charge >= 0.3 is 0 Å². The highest BCUT2D eigenvalue weighted by Crippen LogP contribution is 2.28. The molecule has 82 valence electrons. The van der Waals surface area contributed by atoms with Crippen LogP contribution in [0.5, 0.6) is 0 Å². The molecule has 16 heavy (non-hydrogen) atoms. The van der Waals surface area contributed by atoms with Gasteiger partial charge in [0, 0.05) is 5.39 Å². The van der Waals surface area contributed by atoms with Gasteiger partial charge in [0.05, 0.1) is 17.3 Å². The second-order valence-electron chi connectivity index (χ2n) is 4.04. The van der Waals surface area contributed by atoms with Gasteiger partial charge in [-0.05, 0) is 37.1 Å². The van der Waals surface area contributed by atoms with Crippen LogP contribution >= 0.6 is 11.6 Å². The van der Waals surface area contributed by atoms with Gasteiger partial charge in [-0.1, -0.05) is 18.2 Å². The molecule has 2 heterocycles. The third kappa shape index (κ3) is 1.66. The topological polar surface area (TPSA) is 37.8 Å². The molecule has 0 aliphatic carbocycles. The minimum Gasteiger partial charge on any atom is -0.309 e. The first-order chi connectivity index (χ1) is 7.84. The molecule has 3 nitrogen and oxygen atoms in total. The fraction of sp³-hybridized carbons (Fsp3) is 0.333. The molecule has 1 unspecified atom stereocenters. The molecule has 0 bridgehead atoms. The van der Waals surface area contributed by atoms with Gasteiger partial charge in [-0.15, -0.1) is 0 Å². The largest absolute Gasteiger partial charge is 0.309 e.